The number of nitrogens with one attached hydrogen (secondary N) is 3. The summed E-state index contributed by atoms with van der Waals surface area (Å²) in [5.74, 6) is -0.875. The molecule has 0 bridgehead atoms. The maximum atomic E-state index is 12.0. The summed E-state index contributed by atoms with van der Waals surface area (Å²) >= 11 is 0. The number of carbonyl (C=O) groups is 4. The van der Waals surface area contributed by atoms with Crippen LogP contribution in [0.15, 0.2) is 24.3 Å². The summed E-state index contributed by atoms with van der Waals surface area (Å²) < 4.78 is 5.30. The predicted molar refractivity (Wildman–Crippen MR) is 101 cm³/mol. The van der Waals surface area contributed by atoms with E-state index in [1.165, 1.54) is 4.90 Å². The van der Waals surface area contributed by atoms with Crippen LogP contribution in [0.5, 0.6) is 5.75 Å². The van der Waals surface area contributed by atoms with Gasteiger partial charge >= 0.3 is 0 Å². The predicted octanol–water partition coefficient (Wildman–Crippen LogP) is 0.365. The molecule has 9 nitrogen and oxygen atoms in total. The van der Waals surface area contributed by atoms with Crippen molar-refractivity contribution in [3.8, 4) is 5.75 Å². The van der Waals surface area contributed by atoms with Crippen LogP contribution >= 0.6 is 0 Å². The third kappa shape index (κ3) is 6.90. The van der Waals surface area contributed by atoms with Gasteiger partial charge in [0.2, 0.25) is 5.91 Å². The van der Waals surface area contributed by atoms with Crippen molar-refractivity contribution in [1.82, 2.24) is 21.1 Å². The molecule has 1 aliphatic rings. The quantitative estimate of drug-likeness (QED) is 0.582. The van der Waals surface area contributed by atoms with Crippen LogP contribution in [0.1, 0.15) is 43.0 Å². The Balaban J connectivity index is 1.69. The van der Waals surface area contributed by atoms with Crippen LogP contribution in [0.3, 0.4) is 0 Å². The van der Waals surface area contributed by atoms with Gasteiger partial charge in [0.05, 0.1) is 13.2 Å². The number of rotatable bonds is 7. The molecule has 1 saturated heterocycles. The monoisotopic (exact) mass is 390 g/mol. The van der Waals surface area contributed by atoms with Gasteiger partial charge in [-0.05, 0) is 44.0 Å². The third-order valence-electron chi connectivity index (χ3n) is 4.18. The van der Waals surface area contributed by atoms with E-state index < -0.39 is 17.7 Å². The molecule has 0 unspecified atom stereocenters. The summed E-state index contributed by atoms with van der Waals surface area (Å²) in [5, 5.41) is 2.46. The van der Waals surface area contributed by atoms with Crippen molar-refractivity contribution in [1.29, 1.82) is 0 Å². The molecule has 0 aromatic heterocycles. The highest BCUT2D eigenvalue weighted by atomic mass is 16.5. The van der Waals surface area contributed by atoms with E-state index in [1.54, 1.807) is 24.3 Å². The van der Waals surface area contributed by atoms with Gasteiger partial charge in [0.25, 0.3) is 17.7 Å². The van der Waals surface area contributed by atoms with E-state index in [0.717, 1.165) is 19.3 Å². The molecule has 1 heterocycles. The Bertz CT molecular complexity index is 705. The molecule has 0 saturated carbocycles. The van der Waals surface area contributed by atoms with Crippen LogP contribution in [0.25, 0.3) is 0 Å². The van der Waals surface area contributed by atoms with Crippen LogP contribution in [-0.4, -0.2) is 54.8 Å². The Morgan fingerprint density at radius 3 is 2.46 bits per heavy atom. The number of carbonyl (C=O) groups excluding carboxylic acids is 4. The van der Waals surface area contributed by atoms with Crippen molar-refractivity contribution >= 4 is 23.6 Å². The molecular weight excluding hydrogens is 364 g/mol. The lowest BCUT2D eigenvalue weighted by molar-refractivity contribution is -0.136. The Hall–Kier alpha value is -3.10. The van der Waals surface area contributed by atoms with Gasteiger partial charge in [0.1, 0.15) is 12.3 Å². The van der Waals surface area contributed by atoms with Gasteiger partial charge in [0, 0.05) is 18.5 Å². The highest BCUT2D eigenvalue weighted by molar-refractivity contribution is 5.96. The van der Waals surface area contributed by atoms with E-state index >= 15 is 0 Å². The number of ether oxygens (including phenoxy) is 1. The molecule has 0 spiro atoms. The minimum absolute atomic E-state index is 0.0541. The number of benzene rings is 1. The number of hydrogen-bond acceptors (Lipinski definition) is 5. The molecule has 28 heavy (non-hydrogen) atoms. The van der Waals surface area contributed by atoms with E-state index in [4.69, 9.17) is 4.74 Å². The second-order valence-electron chi connectivity index (χ2n) is 6.36. The van der Waals surface area contributed by atoms with Crippen molar-refractivity contribution in [3.63, 3.8) is 0 Å². The van der Waals surface area contributed by atoms with Crippen LogP contribution < -0.4 is 20.9 Å². The van der Waals surface area contributed by atoms with Gasteiger partial charge < -0.3 is 15.0 Å². The summed E-state index contributed by atoms with van der Waals surface area (Å²) in [6, 6.07) is 6.53. The Morgan fingerprint density at radius 2 is 1.75 bits per heavy atom. The number of hydrazine groups is 1. The van der Waals surface area contributed by atoms with Crippen LogP contribution in [-0.2, 0) is 14.4 Å². The molecular formula is C19H26N4O5. The number of hydrogen-bond donors (Lipinski definition) is 3. The molecule has 2 rings (SSSR count). The molecule has 3 N–H and O–H groups in total. The van der Waals surface area contributed by atoms with Gasteiger partial charge in [-0.2, -0.15) is 0 Å². The molecule has 1 fully saturated rings. The van der Waals surface area contributed by atoms with Crippen molar-refractivity contribution < 1.29 is 23.9 Å². The second-order valence-corrected chi connectivity index (χ2v) is 6.36. The zero-order chi connectivity index (χ0) is 20.4. The molecule has 0 radical (unpaired) electrons. The van der Waals surface area contributed by atoms with Gasteiger partial charge in [-0.1, -0.05) is 6.42 Å². The van der Waals surface area contributed by atoms with Gasteiger partial charge in [-0.15, -0.1) is 0 Å². The standard InChI is InChI=1S/C19H26N4O5/c1-2-28-15-9-7-14(8-10-15)19(27)20-12-16(24)21-22-17(25)13-23-11-5-3-4-6-18(23)26/h7-10H,2-6,11-13H2,1H3,(H,20,27)(H,21,24)(H,22,25). The van der Waals surface area contributed by atoms with E-state index in [9.17, 15) is 19.2 Å². The first-order valence-corrected chi connectivity index (χ1v) is 9.36. The smallest absolute Gasteiger partial charge is 0.257 e. The maximum absolute atomic E-state index is 12.0. The summed E-state index contributed by atoms with van der Waals surface area (Å²) in [7, 11) is 0. The zero-order valence-corrected chi connectivity index (χ0v) is 16.0. The fourth-order valence-corrected chi connectivity index (χ4v) is 2.73. The Kier molecular flexibility index (Phi) is 8.26. The van der Waals surface area contributed by atoms with Crippen LogP contribution in [0.4, 0.5) is 0 Å². The largest absolute Gasteiger partial charge is 0.494 e. The lowest BCUT2D eigenvalue weighted by Crippen LogP contribution is -2.50. The number of nitrogens with zero attached hydrogens (tertiary/aromatic N) is 1. The Labute approximate surface area is 163 Å². The number of likely N-dealkylation sites (tertiary alicyclic amines) is 1. The molecule has 1 aromatic carbocycles. The first kappa shape index (κ1) is 21.2. The summed E-state index contributed by atoms with van der Waals surface area (Å²) in [5.41, 5.74) is 4.87. The highest BCUT2D eigenvalue weighted by Crippen LogP contribution is 2.12. The fourth-order valence-electron chi connectivity index (χ4n) is 2.73. The molecule has 152 valence electrons. The molecule has 1 aliphatic heterocycles. The van der Waals surface area contributed by atoms with E-state index in [1.807, 2.05) is 6.92 Å². The van der Waals surface area contributed by atoms with Crippen molar-refractivity contribution in [2.75, 3.05) is 26.2 Å². The van der Waals surface area contributed by atoms with Crippen molar-refractivity contribution in [2.24, 2.45) is 0 Å². The first-order chi connectivity index (χ1) is 13.5. The van der Waals surface area contributed by atoms with Gasteiger partial charge in [-0.25, -0.2) is 0 Å². The maximum Gasteiger partial charge on any atom is 0.257 e. The highest BCUT2D eigenvalue weighted by Gasteiger charge is 2.19. The average Bonchev–Trinajstić information content (AvgIpc) is 2.89. The lowest BCUT2D eigenvalue weighted by Gasteiger charge is -2.19. The van der Waals surface area contributed by atoms with Crippen LogP contribution in [0.2, 0.25) is 0 Å². The third-order valence-corrected chi connectivity index (χ3v) is 4.18. The van der Waals surface area contributed by atoms with E-state index in [0.29, 0.717) is 30.9 Å². The van der Waals surface area contributed by atoms with Crippen molar-refractivity contribution in [2.45, 2.75) is 32.6 Å². The summed E-state index contributed by atoms with van der Waals surface area (Å²) in [4.78, 5) is 49.1. The summed E-state index contributed by atoms with van der Waals surface area (Å²) in [6.07, 6.45) is 3.11. The molecule has 4 amide bonds. The normalized spacial score (nSPS) is 14.0. The van der Waals surface area contributed by atoms with Gasteiger partial charge in [0.15, 0.2) is 0 Å². The summed E-state index contributed by atoms with van der Waals surface area (Å²) in [6.45, 7) is 2.54. The number of amides is 4. The zero-order valence-electron chi connectivity index (χ0n) is 16.0. The molecule has 1 aromatic rings. The fraction of sp³-hybridized carbons (Fsp3) is 0.474. The van der Waals surface area contributed by atoms with Crippen molar-refractivity contribution in [3.05, 3.63) is 29.8 Å². The average molecular weight is 390 g/mol. The minimum Gasteiger partial charge on any atom is -0.494 e. The Morgan fingerprint density at radius 1 is 1.04 bits per heavy atom. The second kappa shape index (κ2) is 10.9. The first-order valence-electron chi connectivity index (χ1n) is 9.36. The SMILES string of the molecule is CCOc1ccc(C(=O)NCC(=O)NNC(=O)CN2CCCCCC2=O)cc1. The van der Waals surface area contributed by atoms with Crippen LogP contribution in [0, 0.1) is 0 Å². The molecule has 0 aliphatic carbocycles. The molecule has 9 heteroatoms. The van der Waals surface area contributed by atoms with E-state index in [-0.39, 0.29) is 19.0 Å². The topological polar surface area (TPSA) is 117 Å². The van der Waals surface area contributed by atoms with E-state index in [2.05, 4.69) is 16.2 Å². The molecule has 0 atom stereocenters. The minimum atomic E-state index is -0.574. The lowest BCUT2D eigenvalue weighted by atomic mass is 10.2. The van der Waals surface area contributed by atoms with Gasteiger partial charge in [-0.3, -0.25) is 30.0 Å².